The first-order chi connectivity index (χ1) is 9.74. The van der Waals surface area contributed by atoms with Crippen LogP contribution in [0.5, 0.6) is 5.75 Å². The average Bonchev–Trinajstić information content (AvgIpc) is 2.89. The second-order valence-corrected chi connectivity index (χ2v) is 5.94. The molecular weight excluding hydrogens is 270 g/mol. The van der Waals surface area contributed by atoms with Crippen molar-refractivity contribution >= 4 is 21.7 Å². The summed E-state index contributed by atoms with van der Waals surface area (Å²) in [6.07, 6.45) is 3.47. The Hall–Kier alpha value is -2.07. The van der Waals surface area contributed by atoms with Gasteiger partial charge in [-0.1, -0.05) is 30.3 Å². The zero-order valence-electron chi connectivity index (χ0n) is 11.1. The molecule has 0 saturated heterocycles. The summed E-state index contributed by atoms with van der Waals surface area (Å²) >= 11 is 0. The van der Waals surface area contributed by atoms with Gasteiger partial charge in [-0.2, -0.15) is 0 Å². The maximum atomic E-state index is 11.7. The van der Waals surface area contributed by atoms with Crippen molar-refractivity contribution in [2.75, 3.05) is 6.26 Å². The van der Waals surface area contributed by atoms with Crippen molar-refractivity contribution in [3.8, 4) is 5.75 Å². The van der Waals surface area contributed by atoms with Crippen molar-refractivity contribution in [2.24, 2.45) is 0 Å². The zero-order chi connectivity index (χ0) is 13.9. The predicted octanol–water partition coefficient (Wildman–Crippen LogP) is 3.48. The number of nitrogens with one attached hydrogen (secondary N) is 1. The molecule has 1 aromatic heterocycles. The van der Waals surface area contributed by atoms with Gasteiger partial charge in [0.05, 0.1) is 15.7 Å². The lowest BCUT2D eigenvalue weighted by molar-refractivity contribution is 0.306. The molecule has 0 bridgehead atoms. The number of aromatic amines is 1. The lowest BCUT2D eigenvalue weighted by Crippen LogP contribution is -1.94. The highest BCUT2D eigenvalue weighted by molar-refractivity contribution is 7.84. The Kier molecular flexibility index (Phi) is 3.56. The molecule has 1 atom stereocenters. The Morgan fingerprint density at radius 3 is 2.70 bits per heavy atom. The highest BCUT2D eigenvalue weighted by Crippen LogP contribution is 2.26. The highest BCUT2D eigenvalue weighted by Gasteiger charge is 2.08. The number of fused-ring (bicyclic) bond motifs is 1. The average molecular weight is 285 g/mol. The fraction of sp³-hybridized carbons (Fsp3) is 0.125. The summed E-state index contributed by atoms with van der Waals surface area (Å²) in [5.74, 6) is 0.785. The Balaban J connectivity index is 1.85. The van der Waals surface area contributed by atoms with E-state index in [0.29, 0.717) is 6.61 Å². The molecule has 3 rings (SSSR count). The van der Waals surface area contributed by atoms with Crippen LogP contribution in [0.3, 0.4) is 0 Å². The fourth-order valence-electron chi connectivity index (χ4n) is 2.14. The van der Waals surface area contributed by atoms with Crippen LogP contribution in [-0.2, 0) is 17.4 Å². The summed E-state index contributed by atoms with van der Waals surface area (Å²) in [4.78, 5) is 3.93. The molecule has 20 heavy (non-hydrogen) atoms. The van der Waals surface area contributed by atoms with E-state index in [-0.39, 0.29) is 0 Å². The molecule has 1 N–H and O–H groups in total. The quantitative estimate of drug-likeness (QED) is 0.797. The minimum absolute atomic E-state index is 0.529. The van der Waals surface area contributed by atoms with Gasteiger partial charge < -0.3 is 9.72 Å². The van der Waals surface area contributed by atoms with Gasteiger partial charge in [0.2, 0.25) is 0 Å². The molecule has 0 radical (unpaired) electrons. The molecule has 0 fully saturated rings. The molecule has 1 unspecified atom stereocenters. The van der Waals surface area contributed by atoms with Gasteiger partial charge in [-0.3, -0.25) is 4.21 Å². The van der Waals surface area contributed by atoms with Crippen LogP contribution in [0, 0.1) is 0 Å². The van der Waals surface area contributed by atoms with E-state index in [0.717, 1.165) is 27.1 Å². The molecule has 0 spiro atoms. The second kappa shape index (κ2) is 5.51. The largest absolute Gasteiger partial charge is 0.489 e. The van der Waals surface area contributed by atoms with Gasteiger partial charge in [0.25, 0.3) is 0 Å². The van der Waals surface area contributed by atoms with E-state index in [9.17, 15) is 4.21 Å². The van der Waals surface area contributed by atoms with E-state index >= 15 is 0 Å². The Bertz CT molecular complexity index is 750. The van der Waals surface area contributed by atoms with E-state index in [1.807, 2.05) is 48.5 Å². The van der Waals surface area contributed by atoms with Crippen LogP contribution in [0.4, 0.5) is 0 Å². The summed E-state index contributed by atoms with van der Waals surface area (Å²) < 4.78 is 17.5. The van der Waals surface area contributed by atoms with Crippen molar-refractivity contribution in [3.63, 3.8) is 0 Å². The van der Waals surface area contributed by atoms with Crippen LogP contribution in [0.1, 0.15) is 5.56 Å². The third-order valence-electron chi connectivity index (χ3n) is 3.17. The summed E-state index contributed by atoms with van der Waals surface area (Å²) in [7, 11) is -1.01. The van der Waals surface area contributed by atoms with E-state index in [1.54, 1.807) is 12.5 Å². The molecule has 2 aromatic carbocycles. The number of aromatic nitrogens is 1. The number of hydrogen-bond donors (Lipinski definition) is 1. The minimum atomic E-state index is -1.01. The summed E-state index contributed by atoms with van der Waals surface area (Å²) in [5.41, 5.74) is 2.10. The molecule has 1 heterocycles. The minimum Gasteiger partial charge on any atom is -0.489 e. The number of H-pyrrole nitrogens is 1. The van der Waals surface area contributed by atoms with E-state index < -0.39 is 10.8 Å². The molecule has 102 valence electrons. The highest BCUT2D eigenvalue weighted by atomic mass is 32.2. The molecule has 0 saturated carbocycles. The Labute approximate surface area is 120 Å². The topological polar surface area (TPSA) is 42.1 Å². The maximum absolute atomic E-state index is 11.7. The van der Waals surface area contributed by atoms with Crippen LogP contribution >= 0.6 is 0 Å². The molecule has 0 aliphatic rings. The van der Waals surface area contributed by atoms with Crippen molar-refractivity contribution in [1.82, 2.24) is 4.98 Å². The van der Waals surface area contributed by atoms with Gasteiger partial charge in [0.15, 0.2) is 0 Å². The van der Waals surface area contributed by atoms with E-state index in [4.69, 9.17) is 4.74 Å². The zero-order valence-corrected chi connectivity index (χ0v) is 11.9. The standard InChI is InChI=1S/C16H15NO2S/c1-20(18)16-10-17-15-8-7-13(9-14(15)16)19-11-12-5-3-2-4-6-12/h2-10,17H,11H2,1H3. The SMILES string of the molecule is CS(=O)c1c[nH]c2ccc(OCc3ccccc3)cc12. The first kappa shape index (κ1) is 12.9. The third-order valence-corrected chi connectivity index (χ3v) is 4.13. The molecule has 3 aromatic rings. The van der Waals surface area contributed by atoms with Crippen molar-refractivity contribution in [2.45, 2.75) is 11.5 Å². The fourth-order valence-corrected chi connectivity index (χ4v) is 2.85. The van der Waals surface area contributed by atoms with Gasteiger partial charge in [-0.15, -0.1) is 0 Å². The number of hydrogen-bond acceptors (Lipinski definition) is 2. The lowest BCUT2D eigenvalue weighted by Gasteiger charge is -2.06. The van der Waals surface area contributed by atoms with Crippen molar-refractivity contribution in [1.29, 1.82) is 0 Å². The first-order valence-corrected chi connectivity index (χ1v) is 7.91. The van der Waals surface area contributed by atoms with Gasteiger partial charge in [0, 0.05) is 23.4 Å². The molecule has 4 heteroatoms. The Morgan fingerprint density at radius 1 is 1.15 bits per heavy atom. The molecule has 3 nitrogen and oxygen atoms in total. The van der Waals surface area contributed by atoms with Crippen molar-refractivity contribution in [3.05, 3.63) is 60.3 Å². The van der Waals surface area contributed by atoms with E-state index in [1.165, 1.54) is 0 Å². The monoisotopic (exact) mass is 285 g/mol. The lowest BCUT2D eigenvalue weighted by atomic mass is 10.2. The van der Waals surface area contributed by atoms with Crippen LogP contribution in [0.15, 0.2) is 59.6 Å². The number of benzene rings is 2. The normalized spacial score (nSPS) is 12.4. The van der Waals surface area contributed by atoms with Crippen LogP contribution in [0.2, 0.25) is 0 Å². The maximum Gasteiger partial charge on any atom is 0.120 e. The summed E-state index contributed by atoms with van der Waals surface area (Å²) in [6.45, 7) is 0.529. The number of ether oxygens (including phenoxy) is 1. The Morgan fingerprint density at radius 2 is 1.95 bits per heavy atom. The van der Waals surface area contributed by atoms with Gasteiger partial charge in [-0.05, 0) is 23.8 Å². The summed E-state index contributed by atoms with van der Waals surface area (Å²) in [5, 5.41) is 0.955. The van der Waals surface area contributed by atoms with Crippen molar-refractivity contribution < 1.29 is 8.95 Å². The second-order valence-electron chi connectivity index (χ2n) is 4.59. The molecule has 0 aliphatic heterocycles. The van der Waals surface area contributed by atoms with Crippen LogP contribution in [0.25, 0.3) is 10.9 Å². The van der Waals surface area contributed by atoms with Gasteiger partial charge in [0.1, 0.15) is 12.4 Å². The molecule has 0 amide bonds. The van der Waals surface area contributed by atoms with Gasteiger partial charge >= 0.3 is 0 Å². The molecule has 0 aliphatic carbocycles. The summed E-state index contributed by atoms with van der Waals surface area (Å²) in [6, 6.07) is 15.8. The third kappa shape index (κ3) is 2.60. The number of rotatable bonds is 4. The van der Waals surface area contributed by atoms with Crippen LogP contribution in [-0.4, -0.2) is 15.4 Å². The van der Waals surface area contributed by atoms with E-state index in [2.05, 4.69) is 4.98 Å². The predicted molar refractivity (Wildman–Crippen MR) is 81.4 cm³/mol. The van der Waals surface area contributed by atoms with Crippen LogP contribution < -0.4 is 4.74 Å². The first-order valence-electron chi connectivity index (χ1n) is 6.35. The van der Waals surface area contributed by atoms with Gasteiger partial charge in [-0.25, -0.2) is 0 Å². The molecular formula is C16H15NO2S. The smallest absolute Gasteiger partial charge is 0.120 e.